The molecule has 3 heteroatoms. The molecule has 1 N–H and O–H groups in total. The lowest BCUT2D eigenvalue weighted by Crippen LogP contribution is -2.25. The van der Waals surface area contributed by atoms with Gasteiger partial charge in [0.2, 0.25) is 0 Å². The Morgan fingerprint density at radius 3 is 2.87 bits per heavy atom. The van der Waals surface area contributed by atoms with E-state index in [2.05, 4.69) is 0 Å². The summed E-state index contributed by atoms with van der Waals surface area (Å²) in [7, 11) is -0.988. The minimum atomic E-state index is -0.988. The lowest BCUT2D eigenvalue weighted by Gasteiger charge is -2.24. The van der Waals surface area contributed by atoms with Crippen LogP contribution in [0.3, 0.4) is 0 Å². The van der Waals surface area contributed by atoms with Crippen molar-refractivity contribution in [2.24, 2.45) is 0 Å². The van der Waals surface area contributed by atoms with E-state index in [0.717, 1.165) is 11.1 Å². The van der Waals surface area contributed by atoms with Crippen molar-refractivity contribution in [1.82, 2.24) is 0 Å². The lowest BCUT2D eigenvalue weighted by molar-refractivity contribution is 0.184. The van der Waals surface area contributed by atoms with E-state index in [1.165, 1.54) is 0 Å². The molecule has 1 aliphatic rings. The summed E-state index contributed by atoms with van der Waals surface area (Å²) in [6.07, 6.45) is 3.17. The van der Waals surface area contributed by atoms with Crippen molar-refractivity contribution in [3.05, 3.63) is 41.5 Å². The van der Waals surface area contributed by atoms with Crippen molar-refractivity contribution in [2.75, 3.05) is 5.75 Å². The number of aliphatic hydroxyl groups is 1. The maximum absolute atomic E-state index is 11.7. The van der Waals surface area contributed by atoms with Gasteiger partial charge in [-0.2, -0.15) is 0 Å². The van der Waals surface area contributed by atoms with E-state index < -0.39 is 16.9 Å². The highest BCUT2D eigenvalue weighted by Crippen LogP contribution is 2.30. The van der Waals surface area contributed by atoms with Crippen LogP contribution in [0.1, 0.15) is 24.2 Å². The predicted molar refractivity (Wildman–Crippen MR) is 62.9 cm³/mol. The first-order valence-corrected chi connectivity index (χ1v) is 6.44. The van der Waals surface area contributed by atoms with Crippen LogP contribution in [0.15, 0.2) is 30.3 Å². The molecule has 15 heavy (non-hydrogen) atoms. The number of fused-ring (bicyclic) bond motifs is 1. The largest absolute Gasteiger partial charge is 0.387 e. The van der Waals surface area contributed by atoms with Gasteiger partial charge in [-0.25, -0.2) is 0 Å². The van der Waals surface area contributed by atoms with Gasteiger partial charge in [0.1, 0.15) is 0 Å². The zero-order valence-electron chi connectivity index (χ0n) is 8.59. The van der Waals surface area contributed by atoms with Crippen LogP contribution in [-0.2, 0) is 10.8 Å². The highest BCUT2D eigenvalue weighted by atomic mass is 32.2. The van der Waals surface area contributed by atoms with Crippen LogP contribution in [0.25, 0.3) is 6.08 Å². The Kier molecular flexibility index (Phi) is 3.03. The quantitative estimate of drug-likeness (QED) is 0.829. The second-order valence-electron chi connectivity index (χ2n) is 3.57. The minimum Gasteiger partial charge on any atom is -0.387 e. The Hall–Kier alpha value is -0.930. The van der Waals surface area contributed by atoms with Gasteiger partial charge in [0.05, 0.1) is 11.4 Å². The molecule has 2 rings (SSSR count). The van der Waals surface area contributed by atoms with Crippen LogP contribution < -0.4 is 0 Å². The number of hydrogen-bond donors (Lipinski definition) is 1. The number of hydrogen-bond acceptors (Lipinski definition) is 2. The molecule has 0 saturated heterocycles. The van der Waals surface area contributed by atoms with Crippen molar-refractivity contribution in [3.63, 3.8) is 0 Å². The first-order chi connectivity index (χ1) is 7.24. The smallest absolute Gasteiger partial charge is 0.0974 e. The molecule has 0 aromatic heterocycles. The average Bonchev–Trinajstić information content (AvgIpc) is 2.29. The van der Waals surface area contributed by atoms with Crippen LogP contribution in [0.4, 0.5) is 0 Å². The SMILES string of the molecule is CCS(=O)[C@@H]1C=Cc2ccccc2[C@H]1O. The fourth-order valence-corrected chi connectivity index (χ4v) is 2.91. The topological polar surface area (TPSA) is 37.3 Å². The zero-order chi connectivity index (χ0) is 10.8. The summed E-state index contributed by atoms with van der Waals surface area (Å²) in [4.78, 5) is 0. The Labute approximate surface area is 92.1 Å². The molecule has 2 nitrogen and oxygen atoms in total. The minimum absolute atomic E-state index is 0.259. The number of benzene rings is 1. The Morgan fingerprint density at radius 1 is 1.40 bits per heavy atom. The summed E-state index contributed by atoms with van der Waals surface area (Å²) < 4.78 is 11.7. The van der Waals surface area contributed by atoms with Crippen molar-refractivity contribution in [1.29, 1.82) is 0 Å². The van der Waals surface area contributed by atoms with Gasteiger partial charge < -0.3 is 5.11 Å². The molecule has 3 atom stereocenters. The number of rotatable bonds is 2. The molecular formula is C12H14O2S. The number of aliphatic hydroxyl groups excluding tert-OH is 1. The van der Waals surface area contributed by atoms with Gasteiger partial charge in [-0.1, -0.05) is 43.3 Å². The molecule has 0 spiro atoms. The van der Waals surface area contributed by atoms with Crippen molar-refractivity contribution >= 4 is 16.9 Å². The maximum atomic E-state index is 11.7. The summed E-state index contributed by atoms with van der Waals surface area (Å²) in [5.41, 5.74) is 1.90. The van der Waals surface area contributed by atoms with E-state index in [9.17, 15) is 9.32 Å². The van der Waals surface area contributed by atoms with Crippen LogP contribution in [0.5, 0.6) is 0 Å². The molecule has 1 aromatic carbocycles. The van der Waals surface area contributed by atoms with E-state index in [-0.39, 0.29) is 5.25 Å². The summed E-state index contributed by atoms with van der Waals surface area (Å²) in [5, 5.41) is 9.82. The third-order valence-corrected chi connectivity index (χ3v) is 4.27. The fraction of sp³-hybridized carbons (Fsp3) is 0.333. The maximum Gasteiger partial charge on any atom is 0.0974 e. The zero-order valence-corrected chi connectivity index (χ0v) is 9.41. The molecule has 1 aromatic rings. The molecule has 0 radical (unpaired) electrons. The van der Waals surface area contributed by atoms with E-state index in [0.29, 0.717) is 5.75 Å². The monoisotopic (exact) mass is 222 g/mol. The van der Waals surface area contributed by atoms with Gasteiger partial charge in [0.25, 0.3) is 0 Å². The highest BCUT2D eigenvalue weighted by Gasteiger charge is 2.27. The molecule has 1 aliphatic carbocycles. The van der Waals surface area contributed by atoms with Crippen molar-refractivity contribution in [2.45, 2.75) is 18.3 Å². The third kappa shape index (κ3) is 1.90. The van der Waals surface area contributed by atoms with Gasteiger partial charge >= 0.3 is 0 Å². The molecule has 0 amide bonds. The van der Waals surface area contributed by atoms with Crippen molar-refractivity contribution in [3.8, 4) is 0 Å². The van der Waals surface area contributed by atoms with Gasteiger partial charge in [0.15, 0.2) is 0 Å². The van der Waals surface area contributed by atoms with Crippen LogP contribution in [0, 0.1) is 0 Å². The predicted octanol–water partition coefficient (Wildman–Crippen LogP) is 1.88. The molecule has 0 fully saturated rings. The summed E-state index contributed by atoms with van der Waals surface area (Å²) in [6, 6.07) is 7.68. The summed E-state index contributed by atoms with van der Waals surface area (Å²) in [6.45, 7) is 1.87. The molecule has 0 heterocycles. The summed E-state index contributed by atoms with van der Waals surface area (Å²) >= 11 is 0. The first kappa shape index (κ1) is 10.6. The first-order valence-electron chi connectivity index (χ1n) is 5.06. The summed E-state index contributed by atoms with van der Waals surface area (Å²) in [5.74, 6) is 0.578. The van der Waals surface area contributed by atoms with Gasteiger partial charge in [-0.3, -0.25) is 4.21 Å². The molecule has 80 valence electrons. The van der Waals surface area contributed by atoms with E-state index >= 15 is 0 Å². The molecule has 0 aliphatic heterocycles. The van der Waals surface area contributed by atoms with Gasteiger partial charge in [-0.15, -0.1) is 0 Å². The van der Waals surface area contributed by atoms with Crippen LogP contribution >= 0.6 is 0 Å². The van der Waals surface area contributed by atoms with Gasteiger partial charge in [0, 0.05) is 16.6 Å². The normalized spacial score (nSPS) is 26.0. The Morgan fingerprint density at radius 2 is 2.13 bits per heavy atom. The third-order valence-electron chi connectivity index (χ3n) is 2.68. The van der Waals surface area contributed by atoms with Gasteiger partial charge in [-0.05, 0) is 11.1 Å². The standard InChI is InChI=1S/C12H14O2S/c1-2-15(14)11-8-7-9-5-3-4-6-10(9)12(11)13/h3-8,11-13H,2H2,1H3/t11-,12-,15?/m1/s1. The van der Waals surface area contributed by atoms with Crippen LogP contribution in [0.2, 0.25) is 0 Å². The Bertz CT molecular complexity index is 412. The second kappa shape index (κ2) is 4.29. The van der Waals surface area contributed by atoms with E-state index in [1.54, 1.807) is 0 Å². The van der Waals surface area contributed by atoms with Crippen molar-refractivity contribution < 1.29 is 9.32 Å². The van der Waals surface area contributed by atoms with E-state index in [4.69, 9.17) is 0 Å². The lowest BCUT2D eigenvalue weighted by atomic mass is 9.95. The molecule has 1 unspecified atom stereocenters. The molecule has 0 saturated carbocycles. The van der Waals surface area contributed by atoms with E-state index in [1.807, 2.05) is 43.3 Å². The Balaban J connectivity index is 2.37. The second-order valence-corrected chi connectivity index (χ2v) is 5.45. The average molecular weight is 222 g/mol. The molecular weight excluding hydrogens is 208 g/mol. The highest BCUT2D eigenvalue weighted by molar-refractivity contribution is 7.85. The molecule has 0 bridgehead atoms. The fourth-order valence-electron chi connectivity index (χ4n) is 1.84. The van der Waals surface area contributed by atoms with Crippen LogP contribution in [-0.4, -0.2) is 20.3 Å².